The maximum absolute atomic E-state index is 12.0. The summed E-state index contributed by atoms with van der Waals surface area (Å²) in [6, 6.07) is -0.522. The topological polar surface area (TPSA) is 92.8 Å². The van der Waals surface area contributed by atoms with E-state index >= 15 is 0 Å². The van der Waals surface area contributed by atoms with E-state index in [4.69, 9.17) is 16.3 Å². The van der Waals surface area contributed by atoms with Gasteiger partial charge in [-0.3, -0.25) is 14.5 Å². The normalized spacial score (nSPS) is 28.4. The van der Waals surface area contributed by atoms with Crippen molar-refractivity contribution in [1.29, 1.82) is 0 Å². The molecule has 7 nitrogen and oxygen atoms in total. The Morgan fingerprint density at radius 1 is 1.26 bits per heavy atom. The predicted octanol–water partition coefficient (Wildman–Crippen LogP) is -0.218. The SMILES string of the molecule is CCOC(=O)C1CCN(CC(=O)N[C@H]2CS(=O)(=O)C[C@H]2Cl)CC1. The minimum Gasteiger partial charge on any atom is -0.466 e. The third-order valence-corrected chi connectivity index (χ3v) is 6.58. The van der Waals surface area contributed by atoms with Crippen molar-refractivity contribution in [2.24, 2.45) is 5.92 Å². The Kier molecular flexibility index (Phi) is 6.27. The van der Waals surface area contributed by atoms with Crippen LogP contribution in [0.1, 0.15) is 19.8 Å². The van der Waals surface area contributed by atoms with E-state index in [9.17, 15) is 18.0 Å². The van der Waals surface area contributed by atoms with Gasteiger partial charge in [-0.05, 0) is 32.9 Å². The van der Waals surface area contributed by atoms with Gasteiger partial charge in [0.05, 0.1) is 42.0 Å². The molecule has 2 atom stereocenters. The van der Waals surface area contributed by atoms with Gasteiger partial charge in [-0.25, -0.2) is 8.42 Å². The van der Waals surface area contributed by atoms with Crippen LogP contribution in [0.25, 0.3) is 0 Å². The molecule has 0 aromatic carbocycles. The Balaban J connectivity index is 1.74. The molecule has 2 aliphatic heterocycles. The summed E-state index contributed by atoms with van der Waals surface area (Å²) < 4.78 is 28.0. The molecule has 9 heteroatoms. The monoisotopic (exact) mass is 366 g/mol. The minimum atomic E-state index is -3.16. The molecular weight excluding hydrogens is 344 g/mol. The van der Waals surface area contributed by atoms with Crippen molar-refractivity contribution in [3.05, 3.63) is 0 Å². The lowest BCUT2D eigenvalue weighted by atomic mass is 9.97. The number of likely N-dealkylation sites (tertiary alicyclic amines) is 1. The van der Waals surface area contributed by atoms with Gasteiger partial charge in [0.2, 0.25) is 5.91 Å². The zero-order valence-electron chi connectivity index (χ0n) is 13.2. The average molecular weight is 367 g/mol. The van der Waals surface area contributed by atoms with E-state index in [2.05, 4.69) is 5.32 Å². The number of hydrogen-bond acceptors (Lipinski definition) is 6. The molecule has 0 aromatic heterocycles. The largest absolute Gasteiger partial charge is 0.466 e. The number of amides is 1. The number of hydrogen-bond donors (Lipinski definition) is 1. The van der Waals surface area contributed by atoms with Gasteiger partial charge >= 0.3 is 5.97 Å². The Hall–Kier alpha value is -0.860. The second-order valence-electron chi connectivity index (χ2n) is 6.07. The Morgan fingerprint density at radius 2 is 1.91 bits per heavy atom. The van der Waals surface area contributed by atoms with Gasteiger partial charge < -0.3 is 10.1 Å². The molecule has 0 saturated carbocycles. The van der Waals surface area contributed by atoms with E-state index in [0.717, 1.165) is 0 Å². The minimum absolute atomic E-state index is 0.0928. The Morgan fingerprint density at radius 3 is 2.43 bits per heavy atom. The van der Waals surface area contributed by atoms with Gasteiger partial charge in [-0.15, -0.1) is 11.6 Å². The highest BCUT2D eigenvalue weighted by atomic mass is 35.5. The molecule has 0 radical (unpaired) electrons. The second-order valence-corrected chi connectivity index (χ2v) is 8.78. The van der Waals surface area contributed by atoms with Crippen LogP contribution in [0, 0.1) is 5.92 Å². The number of piperidine rings is 1. The first-order valence-corrected chi connectivity index (χ1v) is 10.1. The molecule has 2 heterocycles. The second kappa shape index (κ2) is 7.81. The number of halogens is 1. The molecule has 0 unspecified atom stereocenters. The van der Waals surface area contributed by atoms with E-state index in [1.54, 1.807) is 6.92 Å². The number of carbonyl (C=O) groups is 2. The van der Waals surface area contributed by atoms with Crippen molar-refractivity contribution in [3.63, 3.8) is 0 Å². The van der Waals surface area contributed by atoms with Crippen molar-refractivity contribution in [3.8, 4) is 0 Å². The lowest BCUT2D eigenvalue weighted by molar-refractivity contribution is -0.149. The van der Waals surface area contributed by atoms with E-state index in [-0.39, 0.29) is 35.8 Å². The summed E-state index contributed by atoms with van der Waals surface area (Å²) in [5.41, 5.74) is 0. The average Bonchev–Trinajstić information content (AvgIpc) is 2.72. The summed E-state index contributed by atoms with van der Waals surface area (Å²) in [5, 5.41) is 2.13. The number of ether oxygens (including phenoxy) is 1. The molecule has 1 N–H and O–H groups in total. The first-order chi connectivity index (χ1) is 10.8. The summed E-state index contributed by atoms with van der Waals surface area (Å²) in [6.07, 6.45) is 1.34. The van der Waals surface area contributed by atoms with Gasteiger partial charge in [-0.2, -0.15) is 0 Å². The van der Waals surface area contributed by atoms with Gasteiger partial charge in [0, 0.05) is 0 Å². The fourth-order valence-electron chi connectivity index (χ4n) is 2.98. The van der Waals surface area contributed by atoms with Crippen LogP contribution in [0.5, 0.6) is 0 Å². The van der Waals surface area contributed by atoms with Crippen molar-refractivity contribution in [2.75, 3.05) is 37.7 Å². The molecule has 2 fully saturated rings. The first-order valence-electron chi connectivity index (χ1n) is 7.83. The summed E-state index contributed by atoms with van der Waals surface area (Å²) >= 11 is 5.97. The number of rotatable bonds is 5. The van der Waals surface area contributed by atoms with Crippen LogP contribution in [0.2, 0.25) is 0 Å². The number of carbonyl (C=O) groups excluding carboxylic acids is 2. The van der Waals surface area contributed by atoms with E-state index in [1.165, 1.54) is 0 Å². The quantitative estimate of drug-likeness (QED) is 0.534. The maximum Gasteiger partial charge on any atom is 0.309 e. The van der Waals surface area contributed by atoms with Crippen molar-refractivity contribution in [1.82, 2.24) is 10.2 Å². The fourth-order valence-corrected chi connectivity index (χ4v) is 5.53. The van der Waals surface area contributed by atoms with Crippen LogP contribution < -0.4 is 5.32 Å². The highest BCUT2D eigenvalue weighted by Crippen LogP contribution is 2.20. The van der Waals surface area contributed by atoms with E-state index in [0.29, 0.717) is 32.5 Å². The maximum atomic E-state index is 12.0. The van der Waals surface area contributed by atoms with Crippen LogP contribution in [0.15, 0.2) is 0 Å². The van der Waals surface area contributed by atoms with Crippen LogP contribution in [-0.4, -0.2) is 74.4 Å². The third-order valence-electron chi connectivity index (χ3n) is 4.20. The van der Waals surface area contributed by atoms with Gasteiger partial charge in [-0.1, -0.05) is 0 Å². The lowest BCUT2D eigenvalue weighted by Crippen LogP contribution is -2.47. The summed E-state index contributed by atoms with van der Waals surface area (Å²) in [7, 11) is -3.16. The lowest BCUT2D eigenvalue weighted by Gasteiger charge is -2.30. The zero-order chi connectivity index (χ0) is 17.0. The molecule has 0 spiro atoms. The fraction of sp³-hybridized carbons (Fsp3) is 0.857. The Bertz CT molecular complexity index is 545. The molecule has 132 valence electrons. The van der Waals surface area contributed by atoms with Crippen molar-refractivity contribution < 1.29 is 22.7 Å². The van der Waals surface area contributed by atoms with Crippen molar-refractivity contribution in [2.45, 2.75) is 31.2 Å². The summed E-state index contributed by atoms with van der Waals surface area (Å²) in [6.45, 7) is 3.64. The Labute approximate surface area is 141 Å². The van der Waals surface area contributed by atoms with Gasteiger partial charge in [0.15, 0.2) is 9.84 Å². The number of esters is 1. The molecule has 23 heavy (non-hydrogen) atoms. The van der Waals surface area contributed by atoms with Crippen LogP contribution >= 0.6 is 11.6 Å². The third kappa shape index (κ3) is 5.32. The molecule has 2 aliphatic rings. The van der Waals surface area contributed by atoms with Gasteiger partial charge in [0.25, 0.3) is 0 Å². The molecule has 0 aliphatic carbocycles. The van der Waals surface area contributed by atoms with Crippen molar-refractivity contribution >= 4 is 33.3 Å². The molecule has 0 aromatic rings. The van der Waals surface area contributed by atoms with Crippen LogP contribution in [-0.2, 0) is 24.2 Å². The van der Waals surface area contributed by atoms with E-state index in [1.807, 2.05) is 4.90 Å². The number of sulfone groups is 1. The standard InChI is InChI=1S/C14H23ClN2O5S/c1-2-22-14(19)10-3-5-17(6-4-10)7-13(18)16-12-9-23(20,21)8-11(12)15/h10-12H,2-9H2,1H3,(H,16,18)/t11-,12+/m1/s1. The molecule has 1 amide bonds. The summed E-state index contributed by atoms with van der Waals surface area (Å²) in [5.74, 6) is -0.686. The predicted molar refractivity (Wildman–Crippen MR) is 86.0 cm³/mol. The number of nitrogens with one attached hydrogen (secondary N) is 1. The highest BCUT2D eigenvalue weighted by molar-refractivity contribution is 7.91. The smallest absolute Gasteiger partial charge is 0.309 e. The number of alkyl halides is 1. The first kappa shape index (κ1) is 18.5. The van der Waals surface area contributed by atoms with Crippen LogP contribution in [0.3, 0.4) is 0 Å². The molecule has 0 bridgehead atoms. The molecular formula is C14H23ClN2O5S. The molecule has 2 saturated heterocycles. The van der Waals surface area contributed by atoms with Gasteiger partial charge in [0.1, 0.15) is 0 Å². The van der Waals surface area contributed by atoms with Crippen LogP contribution in [0.4, 0.5) is 0 Å². The summed E-state index contributed by atoms with van der Waals surface area (Å²) in [4.78, 5) is 25.7. The zero-order valence-corrected chi connectivity index (χ0v) is 14.7. The highest BCUT2D eigenvalue weighted by Gasteiger charge is 2.37. The molecule has 2 rings (SSSR count). The van der Waals surface area contributed by atoms with E-state index < -0.39 is 21.3 Å². The number of nitrogens with zero attached hydrogens (tertiary/aromatic N) is 1.